The maximum atomic E-state index is 12.4. The van der Waals surface area contributed by atoms with Crippen molar-refractivity contribution in [2.45, 2.75) is 31.8 Å². The molecule has 0 N–H and O–H groups in total. The van der Waals surface area contributed by atoms with Gasteiger partial charge in [-0.2, -0.15) is 0 Å². The van der Waals surface area contributed by atoms with Crippen molar-refractivity contribution in [3.63, 3.8) is 0 Å². The molecule has 2 aliphatic rings. The van der Waals surface area contributed by atoms with Crippen molar-refractivity contribution >= 4 is 11.8 Å². The number of carbonyl (C=O) groups excluding carboxylic acids is 2. The second-order valence-corrected chi connectivity index (χ2v) is 5.13. The molecule has 0 unspecified atom stereocenters. The van der Waals surface area contributed by atoms with Gasteiger partial charge < -0.3 is 4.74 Å². The maximum absolute atomic E-state index is 12.4. The number of carbonyl (C=O) groups is 2. The van der Waals surface area contributed by atoms with Crippen LogP contribution >= 0.6 is 0 Å². The van der Waals surface area contributed by atoms with Gasteiger partial charge in [-0.05, 0) is 19.3 Å². The lowest BCUT2D eigenvalue weighted by atomic mass is 9.77. The molecule has 0 aromatic heterocycles. The van der Waals surface area contributed by atoms with Crippen molar-refractivity contribution in [1.82, 2.24) is 0 Å². The highest BCUT2D eigenvalue weighted by atomic mass is 16.6. The molecule has 3 nitrogen and oxygen atoms in total. The average Bonchev–Trinajstić information content (AvgIpc) is 2.75. The van der Waals surface area contributed by atoms with Crippen molar-refractivity contribution in [1.29, 1.82) is 0 Å². The quantitative estimate of drug-likeness (QED) is 0.456. The first-order valence-corrected chi connectivity index (χ1v) is 6.57. The van der Waals surface area contributed by atoms with Crippen molar-refractivity contribution < 1.29 is 14.3 Å². The average molecular weight is 244 g/mol. The number of benzene rings is 1. The molecule has 0 radical (unpaired) electrons. The monoisotopic (exact) mass is 244 g/mol. The van der Waals surface area contributed by atoms with Gasteiger partial charge >= 0.3 is 5.97 Å². The van der Waals surface area contributed by atoms with Gasteiger partial charge in [0.1, 0.15) is 12.0 Å². The molecule has 0 bridgehead atoms. The number of ether oxygens (including phenoxy) is 1. The molecule has 1 aliphatic carbocycles. The number of hydrogen-bond acceptors (Lipinski definition) is 3. The van der Waals surface area contributed by atoms with Gasteiger partial charge in [0.05, 0.1) is 0 Å². The normalized spacial score (nSPS) is 30.7. The molecule has 3 atom stereocenters. The van der Waals surface area contributed by atoms with Crippen molar-refractivity contribution in [3.05, 3.63) is 35.9 Å². The second kappa shape index (κ2) is 4.56. The van der Waals surface area contributed by atoms with Crippen molar-refractivity contribution in [2.75, 3.05) is 0 Å². The molecule has 0 spiro atoms. The molecule has 2 fully saturated rings. The predicted molar refractivity (Wildman–Crippen MR) is 66.1 cm³/mol. The van der Waals surface area contributed by atoms with Crippen LogP contribution in [-0.4, -0.2) is 17.9 Å². The summed E-state index contributed by atoms with van der Waals surface area (Å²) in [5, 5.41) is 0. The Labute approximate surface area is 106 Å². The molecule has 3 heteroatoms. The lowest BCUT2D eigenvalue weighted by molar-refractivity contribution is -0.143. The Balaban J connectivity index is 1.87. The predicted octanol–water partition coefficient (Wildman–Crippen LogP) is 2.60. The van der Waals surface area contributed by atoms with Crippen LogP contribution in [0.4, 0.5) is 0 Å². The zero-order valence-electron chi connectivity index (χ0n) is 10.2. The van der Waals surface area contributed by atoms with E-state index in [4.69, 9.17) is 4.74 Å². The number of esters is 1. The van der Waals surface area contributed by atoms with E-state index in [1.165, 1.54) is 0 Å². The third-order valence-electron chi connectivity index (χ3n) is 4.04. The first-order chi connectivity index (χ1) is 8.77. The molecule has 0 amide bonds. The smallest absolute Gasteiger partial charge is 0.317 e. The lowest BCUT2D eigenvalue weighted by Crippen LogP contribution is -2.30. The fourth-order valence-corrected chi connectivity index (χ4v) is 3.13. The van der Waals surface area contributed by atoms with E-state index >= 15 is 0 Å². The van der Waals surface area contributed by atoms with Crippen LogP contribution in [0.15, 0.2) is 30.3 Å². The minimum atomic E-state index is -0.572. The van der Waals surface area contributed by atoms with E-state index in [1.54, 1.807) is 12.1 Å². The summed E-state index contributed by atoms with van der Waals surface area (Å²) in [7, 11) is 0. The van der Waals surface area contributed by atoms with E-state index in [-0.39, 0.29) is 23.8 Å². The molecule has 18 heavy (non-hydrogen) atoms. The van der Waals surface area contributed by atoms with Crippen LogP contribution in [0.1, 0.15) is 36.0 Å². The van der Waals surface area contributed by atoms with Crippen LogP contribution < -0.4 is 0 Å². The van der Waals surface area contributed by atoms with E-state index in [0.717, 1.165) is 25.7 Å². The first kappa shape index (κ1) is 11.5. The van der Waals surface area contributed by atoms with Crippen LogP contribution in [0, 0.1) is 11.8 Å². The molecule has 1 aliphatic heterocycles. The molecule has 3 rings (SSSR count). The van der Waals surface area contributed by atoms with E-state index < -0.39 is 5.92 Å². The van der Waals surface area contributed by atoms with E-state index in [1.807, 2.05) is 18.2 Å². The number of hydrogen-bond donors (Lipinski definition) is 0. The molecule has 94 valence electrons. The number of rotatable bonds is 2. The summed E-state index contributed by atoms with van der Waals surface area (Å²) in [5.74, 6) is -0.868. The number of fused-ring (bicyclic) bond motifs is 1. The summed E-state index contributed by atoms with van der Waals surface area (Å²) < 4.78 is 5.36. The van der Waals surface area contributed by atoms with Gasteiger partial charge in [0.15, 0.2) is 5.78 Å². The molecule has 1 saturated heterocycles. The summed E-state index contributed by atoms with van der Waals surface area (Å²) >= 11 is 0. The number of ketones is 1. The summed E-state index contributed by atoms with van der Waals surface area (Å²) in [4.78, 5) is 24.3. The SMILES string of the molecule is O=C1O[C@@H]2CCCC[C@H]2[C@@H]1C(=O)c1ccccc1. The highest BCUT2D eigenvalue weighted by molar-refractivity contribution is 6.09. The molecular weight excluding hydrogens is 228 g/mol. The van der Waals surface area contributed by atoms with Crippen LogP contribution in [0.25, 0.3) is 0 Å². The Morgan fingerprint density at radius 1 is 1.11 bits per heavy atom. The third kappa shape index (κ3) is 1.84. The fraction of sp³-hybridized carbons (Fsp3) is 0.467. The highest BCUT2D eigenvalue weighted by Crippen LogP contribution is 2.40. The Morgan fingerprint density at radius 2 is 1.83 bits per heavy atom. The standard InChI is InChI=1S/C15H16O3/c16-14(10-6-2-1-3-7-10)13-11-8-4-5-9-12(11)18-15(13)17/h1-3,6-7,11-13H,4-5,8-9H2/t11-,12-,13-/m1/s1. The van der Waals surface area contributed by atoms with E-state index in [9.17, 15) is 9.59 Å². The third-order valence-corrected chi connectivity index (χ3v) is 4.04. The first-order valence-electron chi connectivity index (χ1n) is 6.57. The summed E-state index contributed by atoms with van der Waals surface area (Å²) in [6, 6.07) is 9.06. The van der Waals surface area contributed by atoms with Crippen LogP contribution in [-0.2, 0) is 9.53 Å². The zero-order valence-corrected chi connectivity index (χ0v) is 10.2. The topological polar surface area (TPSA) is 43.4 Å². The van der Waals surface area contributed by atoms with Crippen molar-refractivity contribution in [3.8, 4) is 0 Å². The van der Waals surface area contributed by atoms with Gasteiger partial charge in [-0.15, -0.1) is 0 Å². The van der Waals surface area contributed by atoms with Crippen molar-refractivity contribution in [2.24, 2.45) is 11.8 Å². The second-order valence-electron chi connectivity index (χ2n) is 5.13. The minimum absolute atomic E-state index is 0.0242. The van der Waals surface area contributed by atoms with Gasteiger partial charge in [0.2, 0.25) is 0 Å². The Hall–Kier alpha value is -1.64. The van der Waals surface area contributed by atoms with Crippen LogP contribution in [0.2, 0.25) is 0 Å². The van der Waals surface area contributed by atoms with Crippen LogP contribution in [0.5, 0.6) is 0 Å². The Bertz CT molecular complexity index is 466. The largest absolute Gasteiger partial charge is 0.461 e. The summed E-state index contributed by atoms with van der Waals surface area (Å²) in [6.07, 6.45) is 4.01. The highest BCUT2D eigenvalue weighted by Gasteiger charge is 2.49. The van der Waals surface area contributed by atoms with Gasteiger partial charge in [-0.3, -0.25) is 9.59 Å². The van der Waals surface area contributed by atoms with E-state index in [0.29, 0.717) is 5.56 Å². The lowest BCUT2D eigenvalue weighted by Gasteiger charge is -2.24. The molecular formula is C15H16O3. The number of Topliss-reactive ketones (excluding diaryl/α,β-unsaturated/α-hetero) is 1. The van der Waals surface area contributed by atoms with Gasteiger partial charge in [-0.1, -0.05) is 36.8 Å². The van der Waals surface area contributed by atoms with Gasteiger partial charge in [-0.25, -0.2) is 0 Å². The summed E-state index contributed by atoms with van der Waals surface area (Å²) in [5.41, 5.74) is 0.616. The van der Waals surface area contributed by atoms with E-state index in [2.05, 4.69) is 0 Å². The summed E-state index contributed by atoms with van der Waals surface area (Å²) in [6.45, 7) is 0. The molecule has 1 aromatic carbocycles. The zero-order chi connectivity index (χ0) is 12.5. The van der Waals surface area contributed by atoms with Gasteiger partial charge in [0.25, 0.3) is 0 Å². The fourth-order valence-electron chi connectivity index (χ4n) is 3.13. The Morgan fingerprint density at radius 3 is 2.61 bits per heavy atom. The van der Waals surface area contributed by atoms with Crippen LogP contribution in [0.3, 0.4) is 0 Å². The molecule has 1 aromatic rings. The molecule has 1 heterocycles. The molecule has 1 saturated carbocycles. The Kier molecular flexibility index (Phi) is 2.90. The van der Waals surface area contributed by atoms with Gasteiger partial charge in [0, 0.05) is 11.5 Å². The minimum Gasteiger partial charge on any atom is -0.461 e. The maximum Gasteiger partial charge on any atom is 0.317 e.